The van der Waals surface area contributed by atoms with E-state index in [0.717, 1.165) is 25.9 Å². The topological polar surface area (TPSA) is 29.5 Å². The highest BCUT2D eigenvalue weighted by Gasteiger charge is 2.22. The largest absolute Gasteiger partial charge is 0.390 e. The Balaban J connectivity index is 0.000000671. The number of rotatable bonds is 3. The minimum Gasteiger partial charge on any atom is -0.390 e. The summed E-state index contributed by atoms with van der Waals surface area (Å²) in [7, 11) is 0. The third-order valence-electron chi connectivity index (χ3n) is 2.25. The zero-order chi connectivity index (χ0) is 10.1. The molecule has 2 nitrogen and oxygen atoms in total. The van der Waals surface area contributed by atoms with Gasteiger partial charge in [-0.05, 0) is 19.3 Å². The molecule has 0 radical (unpaired) electrons. The van der Waals surface area contributed by atoms with Gasteiger partial charge in [0.2, 0.25) is 0 Å². The predicted octanol–water partition coefficient (Wildman–Crippen LogP) is 2.74. The molecule has 0 amide bonds. The van der Waals surface area contributed by atoms with Crippen molar-refractivity contribution >= 4 is 0 Å². The minimum absolute atomic E-state index is 0.128. The first-order chi connectivity index (χ1) is 6.34. The molecule has 2 atom stereocenters. The van der Waals surface area contributed by atoms with Gasteiger partial charge in [0.05, 0.1) is 12.2 Å². The van der Waals surface area contributed by atoms with Crippen LogP contribution in [0.4, 0.5) is 0 Å². The van der Waals surface area contributed by atoms with Crippen molar-refractivity contribution in [2.45, 2.75) is 65.1 Å². The summed E-state index contributed by atoms with van der Waals surface area (Å²) in [6.45, 7) is 7.00. The van der Waals surface area contributed by atoms with E-state index >= 15 is 0 Å². The van der Waals surface area contributed by atoms with Gasteiger partial charge in [0.25, 0.3) is 0 Å². The molecule has 1 aliphatic rings. The molecule has 0 aliphatic carbocycles. The van der Waals surface area contributed by atoms with Gasteiger partial charge in [0.15, 0.2) is 0 Å². The van der Waals surface area contributed by atoms with Gasteiger partial charge in [-0.3, -0.25) is 0 Å². The Labute approximate surface area is 82.3 Å². The molecule has 2 unspecified atom stereocenters. The number of aliphatic hydroxyl groups is 1. The van der Waals surface area contributed by atoms with Gasteiger partial charge in [0.1, 0.15) is 0 Å². The molecule has 0 saturated carbocycles. The smallest absolute Gasteiger partial charge is 0.0833 e. The molecule has 1 heterocycles. The van der Waals surface area contributed by atoms with Crippen LogP contribution in [0.15, 0.2) is 0 Å². The van der Waals surface area contributed by atoms with Crippen LogP contribution in [0.1, 0.15) is 52.9 Å². The number of hydrogen-bond donors (Lipinski definition) is 1. The van der Waals surface area contributed by atoms with Crippen LogP contribution in [0.5, 0.6) is 0 Å². The average molecular weight is 188 g/mol. The Kier molecular flexibility index (Phi) is 8.46. The fourth-order valence-corrected chi connectivity index (χ4v) is 1.51. The van der Waals surface area contributed by atoms with Crippen molar-refractivity contribution in [1.29, 1.82) is 0 Å². The molecular weight excluding hydrogens is 164 g/mol. The Bertz CT molecular complexity index is 104. The number of ether oxygens (including phenoxy) is 1. The number of unbranched alkanes of at least 4 members (excludes halogenated alkanes) is 1. The highest BCUT2D eigenvalue weighted by Crippen LogP contribution is 2.18. The third kappa shape index (κ3) is 5.27. The summed E-state index contributed by atoms with van der Waals surface area (Å²) < 4.78 is 5.44. The first-order valence-corrected chi connectivity index (χ1v) is 5.64. The minimum atomic E-state index is -0.199. The molecular formula is C11H24O2. The van der Waals surface area contributed by atoms with E-state index in [9.17, 15) is 5.11 Å². The van der Waals surface area contributed by atoms with Crippen molar-refractivity contribution in [3.05, 3.63) is 0 Å². The molecule has 2 heteroatoms. The number of hydrogen-bond acceptors (Lipinski definition) is 2. The monoisotopic (exact) mass is 188 g/mol. The summed E-state index contributed by atoms with van der Waals surface area (Å²) in [4.78, 5) is 0. The zero-order valence-corrected chi connectivity index (χ0v) is 9.25. The Morgan fingerprint density at radius 2 is 2.08 bits per heavy atom. The zero-order valence-electron chi connectivity index (χ0n) is 9.25. The van der Waals surface area contributed by atoms with E-state index in [-0.39, 0.29) is 12.2 Å². The first-order valence-electron chi connectivity index (χ1n) is 5.64. The van der Waals surface area contributed by atoms with E-state index in [1.54, 1.807) is 0 Å². The quantitative estimate of drug-likeness (QED) is 0.738. The van der Waals surface area contributed by atoms with Gasteiger partial charge >= 0.3 is 0 Å². The summed E-state index contributed by atoms with van der Waals surface area (Å²) in [6.07, 6.45) is 5.25. The van der Waals surface area contributed by atoms with Gasteiger partial charge in [-0.1, -0.05) is 33.6 Å². The molecule has 0 aromatic rings. The molecule has 1 saturated heterocycles. The van der Waals surface area contributed by atoms with Crippen LogP contribution in [-0.4, -0.2) is 23.9 Å². The molecule has 1 aliphatic heterocycles. The molecule has 0 aromatic carbocycles. The lowest BCUT2D eigenvalue weighted by Crippen LogP contribution is -2.33. The summed E-state index contributed by atoms with van der Waals surface area (Å²) >= 11 is 0. The van der Waals surface area contributed by atoms with Crippen LogP contribution < -0.4 is 0 Å². The summed E-state index contributed by atoms with van der Waals surface area (Å²) in [5, 5.41) is 9.47. The molecule has 80 valence electrons. The predicted molar refractivity (Wildman–Crippen MR) is 55.9 cm³/mol. The Morgan fingerprint density at radius 3 is 2.62 bits per heavy atom. The lowest BCUT2D eigenvalue weighted by Gasteiger charge is -2.27. The van der Waals surface area contributed by atoms with Crippen molar-refractivity contribution in [2.24, 2.45) is 0 Å². The Morgan fingerprint density at radius 1 is 1.38 bits per heavy atom. The molecule has 1 fully saturated rings. The summed E-state index contributed by atoms with van der Waals surface area (Å²) in [5.41, 5.74) is 0. The van der Waals surface area contributed by atoms with E-state index in [2.05, 4.69) is 6.92 Å². The lowest BCUT2D eigenvalue weighted by molar-refractivity contribution is -0.0774. The molecule has 0 spiro atoms. The lowest BCUT2D eigenvalue weighted by atomic mass is 10.0. The second kappa shape index (κ2) is 8.52. The van der Waals surface area contributed by atoms with Crippen molar-refractivity contribution in [3.8, 4) is 0 Å². The fraction of sp³-hybridized carbons (Fsp3) is 1.00. The highest BCUT2D eigenvalue weighted by molar-refractivity contribution is 4.72. The normalized spacial score (nSPS) is 27.7. The van der Waals surface area contributed by atoms with E-state index in [0.29, 0.717) is 0 Å². The molecule has 0 bridgehead atoms. The maximum atomic E-state index is 9.47. The van der Waals surface area contributed by atoms with E-state index < -0.39 is 0 Å². The van der Waals surface area contributed by atoms with Gasteiger partial charge < -0.3 is 9.84 Å². The highest BCUT2D eigenvalue weighted by atomic mass is 16.5. The molecule has 0 aromatic heterocycles. The molecule has 1 rings (SSSR count). The SMILES string of the molecule is CC.CCCCC1OCCCC1O. The van der Waals surface area contributed by atoms with Crippen LogP contribution in [-0.2, 0) is 4.74 Å². The average Bonchev–Trinajstić information content (AvgIpc) is 2.20. The van der Waals surface area contributed by atoms with Gasteiger partial charge in [-0.15, -0.1) is 0 Å². The standard InChI is InChI=1S/C9H18O2.C2H6/c1-2-3-6-9-8(10)5-4-7-11-9;1-2/h8-10H,2-7H2,1H3;1-2H3. The van der Waals surface area contributed by atoms with E-state index in [1.165, 1.54) is 12.8 Å². The number of aliphatic hydroxyl groups excluding tert-OH is 1. The van der Waals surface area contributed by atoms with Crippen molar-refractivity contribution in [3.63, 3.8) is 0 Å². The molecule has 13 heavy (non-hydrogen) atoms. The van der Waals surface area contributed by atoms with Crippen LogP contribution in [0.2, 0.25) is 0 Å². The first kappa shape index (κ1) is 12.9. The Hall–Kier alpha value is -0.0800. The second-order valence-electron chi connectivity index (χ2n) is 3.26. The summed E-state index contributed by atoms with van der Waals surface area (Å²) in [6, 6.07) is 0. The van der Waals surface area contributed by atoms with Crippen molar-refractivity contribution < 1.29 is 9.84 Å². The second-order valence-corrected chi connectivity index (χ2v) is 3.26. The van der Waals surface area contributed by atoms with Gasteiger partial charge in [-0.25, -0.2) is 0 Å². The van der Waals surface area contributed by atoms with Gasteiger partial charge in [-0.2, -0.15) is 0 Å². The summed E-state index contributed by atoms with van der Waals surface area (Å²) in [5.74, 6) is 0. The van der Waals surface area contributed by atoms with Gasteiger partial charge in [0, 0.05) is 6.61 Å². The maximum absolute atomic E-state index is 9.47. The molecule has 1 N–H and O–H groups in total. The fourth-order valence-electron chi connectivity index (χ4n) is 1.51. The van der Waals surface area contributed by atoms with E-state index in [4.69, 9.17) is 4.74 Å². The van der Waals surface area contributed by atoms with Crippen LogP contribution in [0, 0.1) is 0 Å². The van der Waals surface area contributed by atoms with Crippen LogP contribution >= 0.6 is 0 Å². The van der Waals surface area contributed by atoms with Crippen molar-refractivity contribution in [1.82, 2.24) is 0 Å². The van der Waals surface area contributed by atoms with Crippen LogP contribution in [0.3, 0.4) is 0 Å². The van der Waals surface area contributed by atoms with E-state index in [1.807, 2.05) is 13.8 Å². The van der Waals surface area contributed by atoms with Crippen molar-refractivity contribution in [2.75, 3.05) is 6.61 Å². The van der Waals surface area contributed by atoms with Crippen LogP contribution in [0.25, 0.3) is 0 Å². The maximum Gasteiger partial charge on any atom is 0.0833 e. The third-order valence-corrected chi connectivity index (χ3v) is 2.25.